The minimum Gasteiger partial charge on any atom is -0.394 e. The third-order valence-corrected chi connectivity index (χ3v) is 11.3. The largest absolute Gasteiger partial charge is 0.394 e. The SMILES string of the molecule is CCCCCCCCCCCCCCCCCCCC(O)C(=O)NC(COC1OC(CO)C(O)C(O)C1O)C(O)CCCCCCCCCCCCCC. The first-order valence-electron chi connectivity index (χ1n) is 22.8. The molecule has 1 amide bonds. The molecule has 0 radical (unpaired) electrons. The van der Waals surface area contributed by atoms with E-state index in [1.165, 1.54) is 141 Å². The number of aliphatic hydroxyl groups excluding tert-OH is 6. The molecule has 0 bridgehead atoms. The van der Waals surface area contributed by atoms with Gasteiger partial charge in [-0.2, -0.15) is 0 Å². The number of rotatable bonds is 38. The molecule has 322 valence electrons. The van der Waals surface area contributed by atoms with Crippen LogP contribution in [-0.4, -0.2) is 98.7 Å². The van der Waals surface area contributed by atoms with Gasteiger partial charge in [-0.05, 0) is 12.8 Å². The van der Waals surface area contributed by atoms with Crippen LogP contribution in [0.5, 0.6) is 0 Å². The molecular formula is C44H87NO9. The van der Waals surface area contributed by atoms with Gasteiger partial charge < -0.3 is 45.4 Å². The predicted octanol–water partition coefficient (Wildman–Crippen LogP) is 8.14. The molecule has 8 unspecified atom stereocenters. The van der Waals surface area contributed by atoms with Crippen LogP contribution in [0.3, 0.4) is 0 Å². The molecule has 1 saturated heterocycles. The van der Waals surface area contributed by atoms with E-state index in [0.717, 1.165) is 44.9 Å². The summed E-state index contributed by atoms with van der Waals surface area (Å²) in [7, 11) is 0. The summed E-state index contributed by atoms with van der Waals surface area (Å²) in [5.74, 6) is -0.581. The van der Waals surface area contributed by atoms with Crippen LogP contribution in [0.25, 0.3) is 0 Å². The fourth-order valence-corrected chi connectivity index (χ4v) is 7.52. The number of hydrogen-bond donors (Lipinski definition) is 7. The minimum atomic E-state index is -1.59. The highest BCUT2D eigenvalue weighted by Crippen LogP contribution is 2.23. The van der Waals surface area contributed by atoms with Crippen LogP contribution >= 0.6 is 0 Å². The average Bonchev–Trinajstić information content (AvgIpc) is 3.17. The molecular weight excluding hydrogens is 686 g/mol. The molecule has 54 heavy (non-hydrogen) atoms. The number of carbonyl (C=O) groups excluding carboxylic acids is 1. The van der Waals surface area contributed by atoms with Crippen molar-refractivity contribution in [1.82, 2.24) is 5.32 Å². The van der Waals surface area contributed by atoms with Crippen LogP contribution in [0.2, 0.25) is 0 Å². The Labute approximate surface area is 330 Å². The second-order valence-electron chi connectivity index (χ2n) is 16.4. The molecule has 0 aromatic rings. The zero-order valence-corrected chi connectivity index (χ0v) is 34.9. The zero-order valence-electron chi connectivity index (χ0n) is 34.9. The number of aliphatic hydroxyl groups is 6. The first-order valence-corrected chi connectivity index (χ1v) is 22.8. The fraction of sp³-hybridized carbons (Fsp3) is 0.977. The quantitative estimate of drug-likeness (QED) is 0.0306. The molecule has 1 aliphatic heterocycles. The average molecular weight is 774 g/mol. The molecule has 0 aromatic heterocycles. The van der Waals surface area contributed by atoms with E-state index < -0.39 is 61.5 Å². The van der Waals surface area contributed by atoms with Crippen LogP contribution in [0.4, 0.5) is 0 Å². The Morgan fingerprint density at radius 2 is 0.926 bits per heavy atom. The van der Waals surface area contributed by atoms with Crippen LogP contribution in [0.1, 0.15) is 213 Å². The van der Waals surface area contributed by atoms with Crippen LogP contribution in [-0.2, 0) is 14.3 Å². The first-order chi connectivity index (χ1) is 26.3. The third kappa shape index (κ3) is 25.4. The normalized spacial score (nSPS) is 22.0. The Balaban J connectivity index is 2.37. The topological polar surface area (TPSA) is 169 Å². The standard InChI is InChI=1S/C44H87NO9/c1-3-5-7-9-11-13-15-17-18-19-20-21-23-25-27-29-31-33-38(48)43(52)45-36(35-53-44-42(51)41(50)40(49)39(34-46)54-44)37(47)32-30-28-26-24-22-16-14-12-10-8-6-4-2/h36-42,44,46-51H,3-35H2,1-2H3,(H,45,52). The zero-order chi connectivity index (χ0) is 39.7. The Morgan fingerprint density at radius 3 is 1.31 bits per heavy atom. The number of ether oxygens (including phenoxy) is 2. The molecule has 1 fully saturated rings. The van der Waals surface area contributed by atoms with Crippen molar-refractivity contribution in [1.29, 1.82) is 0 Å². The van der Waals surface area contributed by atoms with Gasteiger partial charge in [0.1, 0.15) is 30.5 Å². The highest BCUT2D eigenvalue weighted by Gasteiger charge is 2.44. The van der Waals surface area contributed by atoms with Crippen molar-refractivity contribution in [3.8, 4) is 0 Å². The summed E-state index contributed by atoms with van der Waals surface area (Å²) in [5.41, 5.74) is 0. The molecule has 0 saturated carbocycles. The molecule has 0 spiro atoms. The highest BCUT2D eigenvalue weighted by molar-refractivity contribution is 5.80. The van der Waals surface area contributed by atoms with Gasteiger partial charge in [0.05, 0.1) is 25.4 Å². The lowest BCUT2D eigenvalue weighted by Crippen LogP contribution is -2.60. The van der Waals surface area contributed by atoms with E-state index in [0.29, 0.717) is 12.8 Å². The summed E-state index contributed by atoms with van der Waals surface area (Å²) >= 11 is 0. The van der Waals surface area contributed by atoms with Gasteiger partial charge in [-0.25, -0.2) is 0 Å². The maximum Gasteiger partial charge on any atom is 0.249 e. The van der Waals surface area contributed by atoms with Crippen molar-refractivity contribution in [3.05, 3.63) is 0 Å². The molecule has 1 aliphatic rings. The molecule has 7 N–H and O–H groups in total. The van der Waals surface area contributed by atoms with Crippen molar-refractivity contribution in [2.75, 3.05) is 13.2 Å². The summed E-state index contributed by atoms with van der Waals surface area (Å²) in [6, 6.07) is -0.886. The summed E-state index contributed by atoms with van der Waals surface area (Å²) < 4.78 is 11.2. The van der Waals surface area contributed by atoms with Gasteiger partial charge in [0.2, 0.25) is 5.91 Å². The van der Waals surface area contributed by atoms with Crippen LogP contribution in [0.15, 0.2) is 0 Å². The molecule has 10 nitrogen and oxygen atoms in total. The van der Waals surface area contributed by atoms with Gasteiger partial charge in [-0.15, -0.1) is 0 Å². The molecule has 1 rings (SSSR count). The minimum absolute atomic E-state index is 0.250. The lowest BCUT2D eigenvalue weighted by atomic mass is 9.99. The van der Waals surface area contributed by atoms with Crippen LogP contribution in [0, 0.1) is 0 Å². The van der Waals surface area contributed by atoms with Gasteiger partial charge >= 0.3 is 0 Å². The van der Waals surface area contributed by atoms with Gasteiger partial charge in [-0.1, -0.05) is 200 Å². The predicted molar refractivity (Wildman–Crippen MR) is 218 cm³/mol. The van der Waals surface area contributed by atoms with E-state index >= 15 is 0 Å². The van der Waals surface area contributed by atoms with Crippen molar-refractivity contribution < 1.29 is 44.9 Å². The Bertz CT molecular complexity index is 834. The smallest absolute Gasteiger partial charge is 0.249 e. The van der Waals surface area contributed by atoms with E-state index in [1.807, 2.05) is 0 Å². The number of unbranched alkanes of at least 4 members (excludes halogenated alkanes) is 27. The summed E-state index contributed by atoms with van der Waals surface area (Å²) in [5, 5.41) is 64.7. The van der Waals surface area contributed by atoms with Gasteiger partial charge in [0, 0.05) is 0 Å². The van der Waals surface area contributed by atoms with Gasteiger partial charge in [-0.3, -0.25) is 4.79 Å². The second-order valence-corrected chi connectivity index (χ2v) is 16.4. The fourth-order valence-electron chi connectivity index (χ4n) is 7.52. The highest BCUT2D eigenvalue weighted by atomic mass is 16.7. The molecule has 8 atom stereocenters. The summed E-state index contributed by atoms with van der Waals surface area (Å²) in [6.07, 6.45) is 27.2. The Hall–Kier alpha value is -0.850. The molecule has 0 aromatic carbocycles. The maximum absolute atomic E-state index is 13.0. The van der Waals surface area contributed by atoms with E-state index in [-0.39, 0.29) is 6.61 Å². The Morgan fingerprint density at radius 1 is 0.556 bits per heavy atom. The Kier molecular flexibility index (Phi) is 33.5. The van der Waals surface area contributed by atoms with E-state index in [2.05, 4.69) is 19.2 Å². The van der Waals surface area contributed by atoms with Crippen molar-refractivity contribution >= 4 is 5.91 Å². The van der Waals surface area contributed by atoms with E-state index in [1.54, 1.807) is 0 Å². The number of carbonyl (C=O) groups is 1. The van der Waals surface area contributed by atoms with E-state index in [4.69, 9.17) is 9.47 Å². The molecule has 1 heterocycles. The lowest BCUT2D eigenvalue weighted by Gasteiger charge is -2.40. The number of hydrogen-bond acceptors (Lipinski definition) is 9. The first kappa shape index (κ1) is 51.2. The van der Waals surface area contributed by atoms with Gasteiger partial charge in [0.15, 0.2) is 6.29 Å². The van der Waals surface area contributed by atoms with E-state index in [9.17, 15) is 35.4 Å². The van der Waals surface area contributed by atoms with Crippen molar-refractivity contribution in [3.63, 3.8) is 0 Å². The maximum atomic E-state index is 13.0. The number of amides is 1. The third-order valence-electron chi connectivity index (χ3n) is 11.3. The van der Waals surface area contributed by atoms with Gasteiger partial charge in [0.25, 0.3) is 0 Å². The van der Waals surface area contributed by atoms with Crippen LogP contribution < -0.4 is 5.32 Å². The number of nitrogens with one attached hydrogen (secondary N) is 1. The molecule has 0 aliphatic carbocycles. The van der Waals surface area contributed by atoms with Crippen molar-refractivity contribution in [2.24, 2.45) is 0 Å². The molecule has 10 heteroatoms. The monoisotopic (exact) mass is 774 g/mol. The lowest BCUT2D eigenvalue weighted by molar-refractivity contribution is -0.302. The second kappa shape index (κ2) is 35.3. The summed E-state index contributed by atoms with van der Waals surface area (Å²) in [4.78, 5) is 13.0. The van der Waals surface area contributed by atoms with Crippen molar-refractivity contribution in [2.45, 2.75) is 262 Å². The summed E-state index contributed by atoms with van der Waals surface area (Å²) in [6.45, 7) is 3.67.